The Bertz CT molecular complexity index is 916. The molecule has 0 saturated heterocycles. The number of nitrogens with zero attached hydrogens (tertiary/aromatic N) is 3. The molecule has 2 heterocycles. The van der Waals surface area contributed by atoms with Crippen LogP contribution in [0.2, 0.25) is 0 Å². The van der Waals surface area contributed by atoms with Gasteiger partial charge in [0.1, 0.15) is 11.3 Å². The maximum absolute atomic E-state index is 5.93. The average Bonchev–Trinajstić information content (AvgIpc) is 3.27. The molecule has 2 aromatic heterocycles. The molecular weight excluding hydrogens is 469 g/mol. The summed E-state index contributed by atoms with van der Waals surface area (Å²) < 4.78 is 11.2. The molecule has 7 nitrogen and oxygen atoms in total. The predicted molar refractivity (Wildman–Crippen MR) is 121 cm³/mol. The fourth-order valence-corrected chi connectivity index (χ4v) is 2.83. The maximum Gasteiger partial charge on any atom is 0.226 e. The number of nitrogens with one attached hydrogen (secondary N) is 2. The third-order valence-electron chi connectivity index (χ3n) is 4.44. The second kappa shape index (κ2) is 10.4. The number of rotatable bonds is 7. The third kappa shape index (κ3) is 5.46. The van der Waals surface area contributed by atoms with Gasteiger partial charge in [-0.05, 0) is 19.4 Å². The number of hydrogen-bond donors (Lipinski definition) is 2. The van der Waals surface area contributed by atoms with E-state index < -0.39 is 0 Å². The molecule has 0 amide bonds. The van der Waals surface area contributed by atoms with Crippen molar-refractivity contribution in [3.63, 3.8) is 0 Å². The van der Waals surface area contributed by atoms with Crippen molar-refractivity contribution in [2.75, 3.05) is 13.6 Å². The molecular formula is C20H28IN5O2. The monoisotopic (exact) mass is 497 g/mol. The van der Waals surface area contributed by atoms with E-state index in [0.29, 0.717) is 12.4 Å². The van der Waals surface area contributed by atoms with Gasteiger partial charge in [-0.25, -0.2) is 0 Å². The van der Waals surface area contributed by atoms with E-state index in [1.807, 2.05) is 18.2 Å². The van der Waals surface area contributed by atoms with E-state index in [2.05, 4.69) is 52.6 Å². The number of hydrogen-bond acceptors (Lipinski definition) is 5. The van der Waals surface area contributed by atoms with Gasteiger partial charge in [-0.2, -0.15) is 4.98 Å². The van der Waals surface area contributed by atoms with Gasteiger partial charge in [0.05, 0.1) is 6.54 Å². The van der Waals surface area contributed by atoms with Crippen LogP contribution in [0.3, 0.4) is 0 Å². The highest BCUT2D eigenvalue weighted by molar-refractivity contribution is 14.0. The number of benzene rings is 1. The highest BCUT2D eigenvalue weighted by Gasteiger charge is 2.11. The van der Waals surface area contributed by atoms with Gasteiger partial charge >= 0.3 is 0 Å². The van der Waals surface area contributed by atoms with Crippen LogP contribution >= 0.6 is 24.0 Å². The van der Waals surface area contributed by atoms with Crippen LogP contribution < -0.4 is 10.6 Å². The summed E-state index contributed by atoms with van der Waals surface area (Å²) in [4.78, 5) is 8.65. The second-order valence-corrected chi connectivity index (χ2v) is 6.80. The van der Waals surface area contributed by atoms with Crippen molar-refractivity contribution < 1.29 is 8.94 Å². The van der Waals surface area contributed by atoms with Crippen molar-refractivity contribution in [2.45, 2.75) is 46.1 Å². The quantitative estimate of drug-likeness (QED) is 0.221. The van der Waals surface area contributed by atoms with Gasteiger partial charge in [0, 0.05) is 36.9 Å². The van der Waals surface area contributed by atoms with Crippen LogP contribution in [0.5, 0.6) is 0 Å². The van der Waals surface area contributed by atoms with Gasteiger partial charge in [0.15, 0.2) is 11.8 Å². The maximum atomic E-state index is 5.93. The Hall–Kier alpha value is -2.10. The fraction of sp³-hybridized carbons (Fsp3) is 0.450. The van der Waals surface area contributed by atoms with Crippen molar-refractivity contribution in [2.24, 2.45) is 4.99 Å². The number of aromatic nitrogens is 2. The summed E-state index contributed by atoms with van der Waals surface area (Å²) in [6.07, 6.45) is 1.62. The molecule has 3 aromatic rings. The number of aliphatic imine (C=N–C) groups is 1. The average molecular weight is 497 g/mol. The minimum Gasteiger partial charge on any atom is -0.459 e. The van der Waals surface area contributed by atoms with Crippen LogP contribution in [0.4, 0.5) is 0 Å². The number of para-hydroxylation sites is 1. The summed E-state index contributed by atoms with van der Waals surface area (Å²) in [5, 5.41) is 11.7. The molecule has 0 unspecified atom stereocenters. The van der Waals surface area contributed by atoms with E-state index in [-0.39, 0.29) is 29.9 Å². The highest BCUT2D eigenvalue weighted by Crippen LogP contribution is 2.24. The fourth-order valence-electron chi connectivity index (χ4n) is 2.83. The molecule has 0 saturated carbocycles. The Morgan fingerprint density at radius 2 is 2.00 bits per heavy atom. The molecule has 1 aromatic carbocycles. The van der Waals surface area contributed by atoms with Crippen molar-refractivity contribution >= 4 is 40.9 Å². The Morgan fingerprint density at radius 3 is 2.68 bits per heavy atom. The molecule has 0 radical (unpaired) electrons. The highest BCUT2D eigenvalue weighted by atomic mass is 127. The van der Waals surface area contributed by atoms with E-state index in [4.69, 9.17) is 8.94 Å². The Kier molecular flexibility index (Phi) is 8.28. The van der Waals surface area contributed by atoms with E-state index in [9.17, 15) is 0 Å². The molecule has 152 valence electrons. The minimum absolute atomic E-state index is 0. The predicted octanol–water partition coefficient (Wildman–Crippen LogP) is 4.16. The minimum atomic E-state index is 0. The zero-order valence-corrected chi connectivity index (χ0v) is 19.1. The second-order valence-electron chi connectivity index (χ2n) is 6.80. The number of aryl methyl sites for hydroxylation is 2. The zero-order chi connectivity index (χ0) is 19.2. The molecule has 2 N–H and O–H groups in total. The molecule has 0 bridgehead atoms. The van der Waals surface area contributed by atoms with Gasteiger partial charge in [-0.1, -0.05) is 37.2 Å². The lowest BCUT2D eigenvalue weighted by atomic mass is 10.1. The van der Waals surface area contributed by atoms with Gasteiger partial charge in [0.25, 0.3) is 0 Å². The third-order valence-corrected chi connectivity index (χ3v) is 4.44. The lowest BCUT2D eigenvalue weighted by Gasteiger charge is -2.10. The topological polar surface area (TPSA) is 88.5 Å². The summed E-state index contributed by atoms with van der Waals surface area (Å²) in [5.41, 5.74) is 2.07. The first-order chi connectivity index (χ1) is 13.1. The standard InChI is InChI=1S/C20H27N5O2.HI/c1-13(2)19-24-18(27-25-19)10-7-11-22-20(21-4)23-12-17-14(3)15-8-5-6-9-16(15)26-17;/h5-6,8-9,13H,7,10-12H2,1-4H3,(H2,21,22,23);1H. The molecule has 0 aliphatic carbocycles. The molecule has 0 aliphatic heterocycles. The summed E-state index contributed by atoms with van der Waals surface area (Å²) in [6, 6.07) is 8.07. The molecule has 3 rings (SSSR count). The van der Waals surface area contributed by atoms with Gasteiger partial charge in [-0.15, -0.1) is 24.0 Å². The van der Waals surface area contributed by atoms with Crippen LogP contribution in [0.15, 0.2) is 38.2 Å². The molecule has 0 atom stereocenters. The van der Waals surface area contributed by atoms with Gasteiger partial charge in [0.2, 0.25) is 5.89 Å². The van der Waals surface area contributed by atoms with Crippen LogP contribution in [0.1, 0.15) is 49.2 Å². The van der Waals surface area contributed by atoms with Crippen molar-refractivity contribution in [1.82, 2.24) is 20.8 Å². The first-order valence-electron chi connectivity index (χ1n) is 9.32. The lowest BCUT2D eigenvalue weighted by Crippen LogP contribution is -2.37. The number of fused-ring (bicyclic) bond motifs is 1. The number of guanidine groups is 1. The Balaban J connectivity index is 0.00000280. The molecule has 8 heteroatoms. The number of furan rings is 1. The first kappa shape index (κ1) is 22.2. The van der Waals surface area contributed by atoms with Crippen LogP contribution in [-0.2, 0) is 13.0 Å². The van der Waals surface area contributed by atoms with Gasteiger partial charge in [-0.3, -0.25) is 4.99 Å². The summed E-state index contributed by atoms with van der Waals surface area (Å²) >= 11 is 0. The van der Waals surface area contributed by atoms with Gasteiger partial charge < -0.3 is 19.6 Å². The Labute approximate surface area is 182 Å². The molecule has 0 aliphatic rings. The van der Waals surface area contributed by atoms with E-state index in [0.717, 1.165) is 53.5 Å². The van der Waals surface area contributed by atoms with Crippen molar-refractivity contribution in [1.29, 1.82) is 0 Å². The molecule has 0 fully saturated rings. The number of halogens is 1. The first-order valence-corrected chi connectivity index (χ1v) is 9.32. The van der Waals surface area contributed by atoms with Crippen molar-refractivity contribution in [3.05, 3.63) is 47.3 Å². The summed E-state index contributed by atoms with van der Waals surface area (Å²) in [7, 11) is 1.76. The van der Waals surface area contributed by atoms with Crippen LogP contribution in [0.25, 0.3) is 11.0 Å². The summed E-state index contributed by atoms with van der Waals surface area (Å²) in [5.74, 6) is 3.39. The largest absolute Gasteiger partial charge is 0.459 e. The Morgan fingerprint density at radius 1 is 1.21 bits per heavy atom. The lowest BCUT2D eigenvalue weighted by molar-refractivity contribution is 0.368. The van der Waals surface area contributed by atoms with E-state index in [1.165, 1.54) is 0 Å². The smallest absolute Gasteiger partial charge is 0.226 e. The zero-order valence-electron chi connectivity index (χ0n) is 16.8. The van der Waals surface area contributed by atoms with E-state index in [1.54, 1.807) is 7.05 Å². The summed E-state index contributed by atoms with van der Waals surface area (Å²) in [6.45, 7) is 7.53. The van der Waals surface area contributed by atoms with Crippen molar-refractivity contribution in [3.8, 4) is 0 Å². The van der Waals surface area contributed by atoms with Crippen LogP contribution in [0, 0.1) is 6.92 Å². The molecule has 0 spiro atoms. The SMILES string of the molecule is CN=C(NCCCc1nc(C(C)C)no1)NCc1oc2ccccc2c1C.I. The van der Waals surface area contributed by atoms with E-state index >= 15 is 0 Å². The van der Waals surface area contributed by atoms with Crippen LogP contribution in [-0.4, -0.2) is 29.7 Å². The normalized spacial score (nSPS) is 11.7. The molecule has 28 heavy (non-hydrogen) atoms.